The minimum absolute atomic E-state index is 0.0170. The van der Waals surface area contributed by atoms with Gasteiger partial charge in [0.25, 0.3) is 11.8 Å². The second-order valence-electron chi connectivity index (χ2n) is 8.31. The molecule has 166 valence electrons. The summed E-state index contributed by atoms with van der Waals surface area (Å²) in [7, 11) is 1.79. The van der Waals surface area contributed by atoms with E-state index in [4.69, 9.17) is 4.42 Å². The highest BCUT2D eigenvalue weighted by Gasteiger charge is 2.25. The number of piperidine rings is 1. The third-order valence-electron chi connectivity index (χ3n) is 6.01. The van der Waals surface area contributed by atoms with Crippen molar-refractivity contribution in [2.24, 2.45) is 0 Å². The number of anilines is 1. The normalized spacial score (nSPS) is 14.2. The van der Waals surface area contributed by atoms with Crippen LogP contribution in [0.2, 0.25) is 0 Å². The molecule has 2 heterocycles. The zero-order valence-corrected chi connectivity index (χ0v) is 18.6. The van der Waals surface area contributed by atoms with E-state index in [0.29, 0.717) is 12.1 Å². The standard InChI is InChI=1S/C26H29N3O3/c1-19-8-3-4-10-22(19)25(30)27-20-13-15-29(16-14-20)24-12-6-5-11-23(24)26(31)28(2)18-21-9-7-17-32-21/h3-12,17,20H,13-16,18H2,1-2H3,(H,27,30). The predicted molar refractivity (Wildman–Crippen MR) is 125 cm³/mol. The minimum Gasteiger partial charge on any atom is -0.467 e. The lowest BCUT2D eigenvalue weighted by molar-refractivity contribution is 0.0776. The summed E-state index contributed by atoms with van der Waals surface area (Å²) in [6.45, 7) is 3.94. The van der Waals surface area contributed by atoms with Crippen LogP contribution in [-0.2, 0) is 6.54 Å². The lowest BCUT2D eigenvalue weighted by Crippen LogP contribution is -2.45. The highest BCUT2D eigenvalue weighted by Crippen LogP contribution is 2.26. The number of amides is 2. The van der Waals surface area contributed by atoms with E-state index in [1.807, 2.05) is 67.6 Å². The molecule has 1 aromatic heterocycles. The van der Waals surface area contributed by atoms with E-state index >= 15 is 0 Å². The van der Waals surface area contributed by atoms with Crippen molar-refractivity contribution in [2.75, 3.05) is 25.0 Å². The summed E-state index contributed by atoms with van der Waals surface area (Å²) in [5.74, 6) is 0.701. The molecule has 0 saturated carbocycles. The second-order valence-corrected chi connectivity index (χ2v) is 8.31. The lowest BCUT2D eigenvalue weighted by Gasteiger charge is -2.35. The molecule has 1 aliphatic heterocycles. The topological polar surface area (TPSA) is 65.8 Å². The van der Waals surface area contributed by atoms with Crippen LogP contribution < -0.4 is 10.2 Å². The van der Waals surface area contributed by atoms with Crippen LogP contribution >= 0.6 is 0 Å². The molecule has 2 amide bonds. The Hall–Kier alpha value is -3.54. The molecule has 2 aromatic carbocycles. The van der Waals surface area contributed by atoms with Crippen LogP contribution in [0.4, 0.5) is 5.69 Å². The molecule has 0 radical (unpaired) electrons. The molecule has 0 bridgehead atoms. The molecule has 3 aromatic rings. The highest BCUT2D eigenvalue weighted by atomic mass is 16.3. The molecule has 1 saturated heterocycles. The maximum Gasteiger partial charge on any atom is 0.256 e. The van der Waals surface area contributed by atoms with Crippen LogP contribution in [-0.4, -0.2) is 42.9 Å². The quantitative estimate of drug-likeness (QED) is 0.633. The fourth-order valence-electron chi connectivity index (χ4n) is 4.20. The first-order chi connectivity index (χ1) is 15.5. The van der Waals surface area contributed by atoms with Crippen molar-refractivity contribution in [3.63, 3.8) is 0 Å². The third-order valence-corrected chi connectivity index (χ3v) is 6.01. The van der Waals surface area contributed by atoms with E-state index in [2.05, 4.69) is 10.2 Å². The van der Waals surface area contributed by atoms with Gasteiger partial charge in [-0.2, -0.15) is 0 Å². The number of furan rings is 1. The van der Waals surface area contributed by atoms with Gasteiger partial charge in [-0.15, -0.1) is 0 Å². The van der Waals surface area contributed by atoms with Gasteiger partial charge in [-0.3, -0.25) is 9.59 Å². The Balaban J connectivity index is 1.39. The summed E-state index contributed by atoms with van der Waals surface area (Å²) in [5, 5.41) is 3.18. The molecule has 0 aliphatic carbocycles. The van der Waals surface area contributed by atoms with Gasteiger partial charge in [0.1, 0.15) is 5.76 Å². The van der Waals surface area contributed by atoms with Crippen molar-refractivity contribution in [1.29, 1.82) is 0 Å². The first kappa shape index (κ1) is 21.7. The number of hydrogen-bond acceptors (Lipinski definition) is 4. The minimum atomic E-state index is -0.0352. The Morgan fingerprint density at radius 3 is 2.38 bits per heavy atom. The SMILES string of the molecule is Cc1ccccc1C(=O)NC1CCN(c2ccccc2C(=O)N(C)Cc2ccco2)CC1. The van der Waals surface area contributed by atoms with E-state index in [1.54, 1.807) is 18.2 Å². The largest absolute Gasteiger partial charge is 0.467 e. The summed E-state index contributed by atoms with van der Waals surface area (Å²) in [6, 6.07) is 19.2. The molecule has 32 heavy (non-hydrogen) atoms. The summed E-state index contributed by atoms with van der Waals surface area (Å²) >= 11 is 0. The number of hydrogen-bond donors (Lipinski definition) is 1. The number of aryl methyl sites for hydroxylation is 1. The smallest absolute Gasteiger partial charge is 0.256 e. The number of carbonyl (C=O) groups is 2. The molecule has 0 atom stereocenters. The number of nitrogens with one attached hydrogen (secondary N) is 1. The van der Waals surface area contributed by atoms with Crippen molar-refractivity contribution >= 4 is 17.5 Å². The Morgan fingerprint density at radius 2 is 1.69 bits per heavy atom. The first-order valence-electron chi connectivity index (χ1n) is 11.0. The number of carbonyl (C=O) groups excluding carboxylic acids is 2. The molecule has 0 unspecified atom stereocenters. The van der Waals surface area contributed by atoms with Gasteiger partial charge in [-0.05, 0) is 55.7 Å². The molecule has 0 spiro atoms. The number of rotatable bonds is 6. The molecular formula is C26H29N3O3. The van der Waals surface area contributed by atoms with Crippen molar-refractivity contribution in [3.8, 4) is 0 Å². The van der Waals surface area contributed by atoms with Crippen LogP contribution in [0.5, 0.6) is 0 Å². The van der Waals surface area contributed by atoms with Gasteiger partial charge in [-0.1, -0.05) is 30.3 Å². The fraction of sp³-hybridized carbons (Fsp3) is 0.308. The van der Waals surface area contributed by atoms with Crippen LogP contribution in [0, 0.1) is 6.92 Å². The average molecular weight is 432 g/mol. The van der Waals surface area contributed by atoms with Crippen LogP contribution in [0.1, 0.15) is 44.9 Å². The fourth-order valence-corrected chi connectivity index (χ4v) is 4.20. The van der Waals surface area contributed by atoms with Gasteiger partial charge in [0.2, 0.25) is 0 Å². The lowest BCUT2D eigenvalue weighted by atomic mass is 10.0. The zero-order valence-electron chi connectivity index (χ0n) is 18.6. The van der Waals surface area contributed by atoms with E-state index < -0.39 is 0 Å². The third kappa shape index (κ3) is 4.85. The Labute approximate surface area is 188 Å². The van der Waals surface area contributed by atoms with Crippen molar-refractivity contribution in [1.82, 2.24) is 10.2 Å². The average Bonchev–Trinajstić information content (AvgIpc) is 3.32. The van der Waals surface area contributed by atoms with Gasteiger partial charge < -0.3 is 19.5 Å². The molecule has 1 N–H and O–H groups in total. The second kappa shape index (κ2) is 9.73. The number of nitrogens with zero attached hydrogens (tertiary/aromatic N) is 2. The first-order valence-corrected chi connectivity index (χ1v) is 11.0. The molecule has 1 fully saturated rings. The van der Waals surface area contributed by atoms with Gasteiger partial charge in [0, 0.05) is 37.4 Å². The molecular weight excluding hydrogens is 402 g/mol. The number of para-hydroxylation sites is 1. The van der Waals surface area contributed by atoms with Gasteiger partial charge in [-0.25, -0.2) is 0 Å². The maximum atomic E-state index is 13.1. The highest BCUT2D eigenvalue weighted by molar-refractivity contribution is 5.99. The van der Waals surface area contributed by atoms with E-state index in [9.17, 15) is 9.59 Å². The van der Waals surface area contributed by atoms with E-state index in [0.717, 1.165) is 48.5 Å². The van der Waals surface area contributed by atoms with Crippen molar-refractivity contribution in [2.45, 2.75) is 32.4 Å². The number of benzene rings is 2. The Kier molecular flexibility index (Phi) is 6.59. The van der Waals surface area contributed by atoms with Gasteiger partial charge in [0.05, 0.1) is 18.4 Å². The van der Waals surface area contributed by atoms with Crippen LogP contribution in [0.25, 0.3) is 0 Å². The van der Waals surface area contributed by atoms with Crippen molar-refractivity contribution in [3.05, 3.63) is 89.4 Å². The predicted octanol–water partition coefficient (Wildman–Crippen LogP) is 4.26. The summed E-state index contributed by atoms with van der Waals surface area (Å²) in [4.78, 5) is 29.7. The summed E-state index contributed by atoms with van der Waals surface area (Å²) < 4.78 is 5.38. The molecule has 4 rings (SSSR count). The van der Waals surface area contributed by atoms with Gasteiger partial charge in [0.15, 0.2) is 0 Å². The van der Waals surface area contributed by atoms with Crippen LogP contribution in [0.15, 0.2) is 71.3 Å². The maximum absolute atomic E-state index is 13.1. The summed E-state index contributed by atoms with van der Waals surface area (Å²) in [6.07, 6.45) is 3.29. The molecule has 6 nitrogen and oxygen atoms in total. The molecule has 1 aliphatic rings. The van der Waals surface area contributed by atoms with Gasteiger partial charge >= 0.3 is 0 Å². The van der Waals surface area contributed by atoms with E-state index in [-0.39, 0.29) is 17.9 Å². The Bertz CT molecular complexity index is 1070. The summed E-state index contributed by atoms with van der Waals surface area (Å²) in [5.41, 5.74) is 3.33. The van der Waals surface area contributed by atoms with Crippen molar-refractivity contribution < 1.29 is 14.0 Å². The monoisotopic (exact) mass is 431 g/mol. The zero-order chi connectivity index (χ0) is 22.5. The van der Waals surface area contributed by atoms with E-state index in [1.165, 1.54) is 0 Å². The molecule has 6 heteroatoms. The Morgan fingerprint density at radius 1 is 1.00 bits per heavy atom. The van der Waals surface area contributed by atoms with Crippen LogP contribution in [0.3, 0.4) is 0 Å².